The van der Waals surface area contributed by atoms with Crippen molar-refractivity contribution in [2.24, 2.45) is 7.05 Å². The van der Waals surface area contributed by atoms with Crippen LogP contribution in [0.25, 0.3) is 0 Å². The molecule has 1 rings (SSSR count). The number of rotatable bonds is 6. The molecule has 1 aromatic rings. The van der Waals surface area contributed by atoms with Crippen LogP contribution in [-0.4, -0.2) is 17.2 Å². The molecule has 1 heterocycles. The molecule has 0 bridgehead atoms. The fourth-order valence-electron chi connectivity index (χ4n) is 1.55. The SMILES string of the molecule is CC(C)NCCCCc1ccn(C)c1. The molecule has 0 saturated carbocycles. The van der Waals surface area contributed by atoms with Crippen molar-refractivity contribution >= 4 is 0 Å². The summed E-state index contributed by atoms with van der Waals surface area (Å²) in [6, 6.07) is 2.82. The van der Waals surface area contributed by atoms with Gasteiger partial charge in [-0.15, -0.1) is 0 Å². The van der Waals surface area contributed by atoms with E-state index in [1.54, 1.807) is 0 Å². The zero-order valence-corrected chi connectivity index (χ0v) is 9.59. The first-order valence-corrected chi connectivity index (χ1v) is 5.52. The normalized spacial score (nSPS) is 11.1. The summed E-state index contributed by atoms with van der Waals surface area (Å²) in [5.74, 6) is 0. The van der Waals surface area contributed by atoms with Gasteiger partial charge in [0.2, 0.25) is 0 Å². The van der Waals surface area contributed by atoms with Crippen LogP contribution < -0.4 is 5.32 Å². The highest BCUT2D eigenvalue weighted by Gasteiger charge is 1.95. The summed E-state index contributed by atoms with van der Waals surface area (Å²) in [7, 11) is 2.07. The van der Waals surface area contributed by atoms with Crippen LogP contribution in [0.4, 0.5) is 0 Å². The van der Waals surface area contributed by atoms with E-state index in [1.807, 2.05) is 0 Å². The Bertz CT molecular complexity index is 251. The molecule has 0 aliphatic heterocycles. The molecular formula is C12H22N2. The molecule has 0 aliphatic rings. The van der Waals surface area contributed by atoms with Crippen LogP contribution in [0.1, 0.15) is 32.3 Å². The quantitative estimate of drug-likeness (QED) is 0.688. The third-order valence-corrected chi connectivity index (χ3v) is 2.34. The van der Waals surface area contributed by atoms with Crippen LogP contribution in [0, 0.1) is 0 Å². The fourth-order valence-corrected chi connectivity index (χ4v) is 1.55. The molecule has 2 heteroatoms. The number of nitrogens with one attached hydrogen (secondary N) is 1. The Morgan fingerprint density at radius 1 is 1.36 bits per heavy atom. The third-order valence-electron chi connectivity index (χ3n) is 2.34. The minimum atomic E-state index is 0.617. The van der Waals surface area contributed by atoms with E-state index in [0.717, 1.165) is 6.54 Å². The molecule has 14 heavy (non-hydrogen) atoms. The third kappa shape index (κ3) is 4.47. The molecule has 0 aliphatic carbocycles. The Kier molecular flexibility index (Phi) is 4.74. The summed E-state index contributed by atoms with van der Waals surface area (Å²) in [5, 5.41) is 3.43. The lowest BCUT2D eigenvalue weighted by atomic mass is 10.1. The molecule has 0 unspecified atom stereocenters. The highest BCUT2D eigenvalue weighted by atomic mass is 14.9. The van der Waals surface area contributed by atoms with Crippen LogP contribution in [0.3, 0.4) is 0 Å². The van der Waals surface area contributed by atoms with Crippen LogP contribution in [-0.2, 0) is 13.5 Å². The predicted molar refractivity (Wildman–Crippen MR) is 61.5 cm³/mol. The number of unbranched alkanes of at least 4 members (excludes halogenated alkanes) is 1. The molecule has 1 N–H and O–H groups in total. The maximum absolute atomic E-state index is 3.43. The van der Waals surface area contributed by atoms with E-state index >= 15 is 0 Å². The van der Waals surface area contributed by atoms with E-state index in [0.29, 0.717) is 6.04 Å². The first kappa shape index (κ1) is 11.3. The van der Waals surface area contributed by atoms with Gasteiger partial charge in [0.15, 0.2) is 0 Å². The van der Waals surface area contributed by atoms with Gasteiger partial charge in [-0.25, -0.2) is 0 Å². The van der Waals surface area contributed by atoms with Crippen molar-refractivity contribution in [1.82, 2.24) is 9.88 Å². The summed E-state index contributed by atoms with van der Waals surface area (Å²) in [5.41, 5.74) is 1.46. The van der Waals surface area contributed by atoms with E-state index < -0.39 is 0 Å². The molecule has 0 atom stereocenters. The average molecular weight is 194 g/mol. The summed E-state index contributed by atoms with van der Waals surface area (Å²) in [6.45, 7) is 5.53. The van der Waals surface area contributed by atoms with Gasteiger partial charge < -0.3 is 9.88 Å². The van der Waals surface area contributed by atoms with Crippen LogP contribution in [0.5, 0.6) is 0 Å². The van der Waals surface area contributed by atoms with Crippen molar-refractivity contribution < 1.29 is 0 Å². The smallest absolute Gasteiger partial charge is 0.0106 e. The number of aryl methyl sites for hydroxylation is 2. The second kappa shape index (κ2) is 5.86. The topological polar surface area (TPSA) is 17.0 Å². The first-order chi connectivity index (χ1) is 6.68. The van der Waals surface area contributed by atoms with Gasteiger partial charge in [0.25, 0.3) is 0 Å². The van der Waals surface area contributed by atoms with Crippen molar-refractivity contribution in [3.63, 3.8) is 0 Å². The van der Waals surface area contributed by atoms with Gasteiger partial charge in [-0.3, -0.25) is 0 Å². The number of aromatic nitrogens is 1. The first-order valence-electron chi connectivity index (χ1n) is 5.52. The van der Waals surface area contributed by atoms with Gasteiger partial charge >= 0.3 is 0 Å². The summed E-state index contributed by atoms with van der Waals surface area (Å²) in [6.07, 6.45) is 8.08. The number of hydrogen-bond donors (Lipinski definition) is 1. The molecule has 0 spiro atoms. The van der Waals surface area contributed by atoms with Gasteiger partial charge in [0.05, 0.1) is 0 Å². The van der Waals surface area contributed by atoms with Crippen LogP contribution >= 0.6 is 0 Å². The maximum Gasteiger partial charge on any atom is 0.0106 e. The summed E-state index contributed by atoms with van der Waals surface area (Å²) in [4.78, 5) is 0. The predicted octanol–water partition coefficient (Wildman–Crippen LogP) is 2.35. The fraction of sp³-hybridized carbons (Fsp3) is 0.667. The summed E-state index contributed by atoms with van der Waals surface area (Å²) < 4.78 is 2.11. The van der Waals surface area contributed by atoms with E-state index in [4.69, 9.17) is 0 Å². The van der Waals surface area contributed by atoms with Gasteiger partial charge in [-0.2, -0.15) is 0 Å². The largest absolute Gasteiger partial charge is 0.357 e. The second-order valence-electron chi connectivity index (χ2n) is 4.25. The lowest BCUT2D eigenvalue weighted by Gasteiger charge is -2.06. The van der Waals surface area contributed by atoms with E-state index in [1.165, 1.54) is 24.8 Å². The Balaban J connectivity index is 2.04. The van der Waals surface area contributed by atoms with E-state index in [-0.39, 0.29) is 0 Å². The van der Waals surface area contributed by atoms with Gasteiger partial charge in [-0.05, 0) is 37.4 Å². The van der Waals surface area contributed by atoms with E-state index in [2.05, 4.69) is 49.2 Å². The van der Waals surface area contributed by atoms with Crippen molar-refractivity contribution in [2.75, 3.05) is 6.54 Å². The number of nitrogens with zero attached hydrogens (tertiary/aromatic N) is 1. The van der Waals surface area contributed by atoms with Crippen molar-refractivity contribution in [1.29, 1.82) is 0 Å². The Labute approximate surface area is 87.3 Å². The van der Waals surface area contributed by atoms with Gasteiger partial charge in [-0.1, -0.05) is 13.8 Å². The molecule has 80 valence electrons. The molecule has 1 aromatic heterocycles. The monoisotopic (exact) mass is 194 g/mol. The molecule has 2 nitrogen and oxygen atoms in total. The maximum atomic E-state index is 3.43. The van der Waals surface area contributed by atoms with E-state index in [9.17, 15) is 0 Å². The molecule has 0 radical (unpaired) electrons. The van der Waals surface area contributed by atoms with Crippen molar-refractivity contribution in [3.8, 4) is 0 Å². The molecule has 0 fully saturated rings. The highest BCUT2D eigenvalue weighted by Crippen LogP contribution is 2.04. The standard InChI is InChI=1S/C12H22N2/c1-11(2)13-8-5-4-6-12-7-9-14(3)10-12/h7,9-11,13H,4-6,8H2,1-3H3. The Hall–Kier alpha value is -0.760. The lowest BCUT2D eigenvalue weighted by molar-refractivity contribution is 0.557. The van der Waals surface area contributed by atoms with Crippen LogP contribution in [0.2, 0.25) is 0 Å². The average Bonchev–Trinajstić information content (AvgIpc) is 2.50. The van der Waals surface area contributed by atoms with Crippen molar-refractivity contribution in [2.45, 2.75) is 39.2 Å². The molecular weight excluding hydrogens is 172 g/mol. The highest BCUT2D eigenvalue weighted by molar-refractivity contribution is 5.09. The molecule has 0 amide bonds. The Morgan fingerprint density at radius 3 is 2.71 bits per heavy atom. The van der Waals surface area contributed by atoms with Crippen molar-refractivity contribution in [3.05, 3.63) is 24.0 Å². The zero-order valence-electron chi connectivity index (χ0n) is 9.59. The van der Waals surface area contributed by atoms with Gasteiger partial charge in [0.1, 0.15) is 0 Å². The second-order valence-corrected chi connectivity index (χ2v) is 4.25. The van der Waals surface area contributed by atoms with Crippen LogP contribution in [0.15, 0.2) is 18.5 Å². The Morgan fingerprint density at radius 2 is 2.14 bits per heavy atom. The lowest BCUT2D eigenvalue weighted by Crippen LogP contribution is -2.23. The molecule has 0 aromatic carbocycles. The minimum Gasteiger partial charge on any atom is -0.357 e. The summed E-state index contributed by atoms with van der Waals surface area (Å²) >= 11 is 0. The zero-order chi connectivity index (χ0) is 10.4. The molecule has 0 saturated heterocycles. The number of hydrogen-bond acceptors (Lipinski definition) is 1. The minimum absolute atomic E-state index is 0.617. The van der Waals surface area contributed by atoms with Gasteiger partial charge in [0, 0.05) is 25.5 Å².